The first-order chi connectivity index (χ1) is 10.5. The molecule has 1 unspecified atom stereocenters. The zero-order chi connectivity index (χ0) is 16.1. The van der Waals surface area contributed by atoms with Gasteiger partial charge in [0.1, 0.15) is 18.5 Å². The molecule has 0 aliphatic carbocycles. The van der Waals surface area contributed by atoms with Crippen LogP contribution in [0.3, 0.4) is 0 Å². The van der Waals surface area contributed by atoms with Gasteiger partial charge in [-0.1, -0.05) is 12.1 Å². The molecule has 0 saturated carbocycles. The lowest BCUT2D eigenvalue weighted by atomic mass is 10.1. The number of anilines is 1. The van der Waals surface area contributed by atoms with E-state index in [1.165, 1.54) is 7.11 Å². The van der Waals surface area contributed by atoms with Crippen molar-refractivity contribution in [3.8, 4) is 0 Å². The highest BCUT2D eigenvalue weighted by Crippen LogP contribution is 2.23. The third-order valence-electron chi connectivity index (χ3n) is 3.44. The van der Waals surface area contributed by atoms with E-state index in [1.54, 1.807) is 6.20 Å². The van der Waals surface area contributed by atoms with Gasteiger partial charge in [-0.15, -0.1) is 0 Å². The first-order valence-corrected chi connectivity index (χ1v) is 7.05. The summed E-state index contributed by atoms with van der Waals surface area (Å²) in [7, 11) is 7.39. The normalized spacial score (nSPS) is 12.0. The maximum atomic E-state index is 11.9. The molecule has 6 heteroatoms. The number of aryl methyl sites for hydroxylation is 1. The van der Waals surface area contributed by atoms with E-state index in [0.29, 0.717) is 0 Å². The predicted molar refractivity (Wildman–Crippen MR) is 85.8 cm³/mol. The van der Waals surface area contributed by atoms with Gasteiger partial charge in [0, 0.05) is 46.3 Å². The second-order valence-corrected chi connectivity index (χ2v) is 5.32. The summed E-state index contributed by atoms with van der Waals surface area (Å²) in [4.78, 5) is 18.3. The molecule has 0 radical (unpaired) electrons. The van der Waals surface area contributed by atoms with E-state index in [1.807, 2.05) is 61.1 Å². The minimum absolute atomic E-state index is 0.0245. The lowest BCUT2D eigenvalue weighted by molar-refractivity contribution is -0.125. The lowest BCUT2D eigenvalue weighted by Crippen LogP contribution is -2.33. The Hall–Kier alpha value is -2.34. The van der Waals surface area contributed by atoms with Crippen molar-refractivity contribution in [2.75, 3.05) is 32.7 Å². The smallest absolute Gasteiger partial charge is 0.246 e. The molecule has 0 aliphatic heterocycles. The van der Waals surface area contributed by atoms with Crippen LogP contribution in [0.4, 0.5) is 5.69 Å². The second kappa shape index (κ2) is 7.09. The Morgan fingerprint density at radius 2 is 2.05 bits per heavy atom. The van der Waals surface area contributed by atoms with Crippen LogP contribution in [0, 0.1) is 0 Å². The molecule has 2 rings (SSSR count). The molecule has 0 fully saturated rings. The number of methoxy groups -OCH3 is 1. The summed E-state index contributed by atoms with van der Waals surface area (Å²) >= 11 is 0. The van der Waals surface area contributed by atoms with Gasteiger partial charge in [-0.25, -0.2) is 4.98 Å². The van der Waals surface area contributed by atoms with Gasteiger partial charge in [0.15, 0.2) is 0 Å². The molecule has 0 aliphatic rings. The molecule has 1 amide bonds. The fourth-order valence-corrected chi connectivity index (χ4v) is 2.25. The van der Waals surface area contributed by atoms with Gasteiger partial charge >= 0.3 is 0 Å². The SMILES string of the molecule is COCC(=O)NC(c1ccc(N(C)C)cc1)c1nccn1C. The average molecular weight is 302 g/mol. The number of benzene rings is 1. The fourth-order valence-electron chi connectivity index (χ4n) is 2.25. The summed E-state index contributed by atoms with van der Waals surface area (Å²) in [6.45, 7) is 0.0245. The monoisotopic (exact) mass is 302 g/mol. The average Bonchev–Trinajstić information content (AvgIpc) is 2.91. The van der Waals surface area contributed by atoms with Crippen molar-refractivity contribution in [3.63, 3.8) is 0 Å². The number of ether oxygens (including phenoxy) is 1. The number of carbonyl (C=O) groups is 1. The topological polar surface area (TPSA) is 59.4 Å². The molecule has 1 aromatic heterocycles. The molecule has 2 aromatic rings. The molecule has 1 N–H and O–H groups in total. The fraction of sp³-hybridized carbons (Fsp3) is 0.375. The number of rotatable bonds is 6. The minimum Gasteiger partial charge on any atom is -0.378 e. The standard InChI is InChI=1S/C16H22N4O2/c1-19(2)13-7-5-12(6-8-13)15(18-14(21)11-22-4)16-17-9-10-20(16)3/h5-10,15H,11H2,1-4H3,(H,18,21). The van der Waals surface area contributed by atoms with Crippen molar-refractivity contribution in [1.29, 1.82) is 0 Å². The van der Waals surface area contributed by atoms with E-state index in [0.717, 1.165) is 17.1 Å². The van der Waals surface area contributed by atoms with Crippen LogP contribution in [-0.4, -0.2) is 43.3 Å². The van der Waals surface area contributed by atoms with Gasteiger partial charge in [-0.2, -0.15) is 0 Å². The largest absolute Gasteiger partial charge is 0.378 e. The van der Waals surface area contributed by atoms with E-state index < -0.39 is 0 Å². The Kier molecular flexibility index (Phi) is 5.16. The van der Waals surface area contributed by atoms with Gasteiger partial charge < -0.3 is 19.5 Å². The highest BCUT2D eigenvalue weighted by Gasteiger charge is 2.20. The molecule has 22 heavy (non-hydrogen) atoms. The van der Waals surface area contributed by atoms with Crippen LogP contribution >= 0.6 is 0 Å². The number of amides is 1. The maximum absolute atomic E-state index is 11.9. The molecule has 1 atom stereocenters. The van der Waals surface area contributed by atoms with E-state index in [2.05, 4.69) is 10.3 Å². The van der Waals surface area contributed by atoms with Gasteiger partial charge in [0.25, 0.3) is 0 Å². The minimum atomic E-state index is -0.307. The summed E-state index contributed by atoms with van der Waals surface area (Å²) in [5.41, 5.74) is 2.08. The number of nitrogens with one attached hydrogen (secondary N) is 1. The number of nitrogens with zero attached hydrogens (tertiary/aromatic N) is 3. The Morgan fingerprint density at radius 1 is 1.36 bits per heavy atom. The van der Waals surface area contributed by atoms with Crippen molar-refractivity contribution in [2.45, 2.75) is 6.04 Å². The third-order valence-corrected chi connectivity index (χ3v) is 3.44. The Balaban J connectivity index is 2.31. The molecule has 118 valence electrons. The molecular formula is C16H22N4O2. The summed E-state index contributed by atoms with van der Waals surface area (Å²) in [6, 6.07) is 7.74. The predicted octanol–water partition coefficient (Wildman–Crippen LogP) is 1.34. The molecule has 0 bridgehead atoms. The number of hydrogen-bond acceptors (Lipinski definition) is 4. The first kappa shape index (κ1) is 16.0. The van der Waals surface area contributed by atoms with Crippen molar-refractivity contribution in [1.82, 2.24) is 14.9 Å². The van der Waals surface area contributed by atoms with Gasteiger partial charge in [-0.3, -0.25) is 4.79 Å². The molecule has 0 saturated heterocycles. The van der Waals surface area contributed by atoms with Crippen LogP contribution in [0.2, 0.25) is 0 Å². The van der Waals surface area contributed by atoms with Crippen LogP contribution in [0.25, 0.3) is 0 Å². The van der Waals surface area contributed by atoms with Crippen molar-refractivity contribution in [3.05, 3.63) is 48.0 Å². The van der Waals surface area contributed by atoms with E-state index in [4.69, 9.17) is 4.74 Å². The highest BCUT2D eigenvalue weighted by molar-refractivity contribution is 5.78. The van der Waals surface area contributed by atoms with Gasteiger partial charge in [-0.05, 0) is 17.7 Å². The zero-order valence-corrected chi connectivity index (χ0v) is 13.4. The van der Waals surface area contributed by atoms with Gasteiger partial charge in [0.2, 0.25) is 5.91 Å². The van der Waals surface area contributed by atoms with E-state index in [-0.39, 0.29) is 18.6 Å². The highest BCUT2D eigenvalue weighted by atomic mass is 16.5. The molecular weight excluding hydrogens is 280 g/mol. The lowest BCUT2D eigenvalue weighted by Gasteiger charge is -2.20. The van der Waals surface area contributed by atoms with Crippen LogP contribution in [0.15, 0.2) is 36.7 Å². The summed E-state index contributed by atoms with van der Waals surface area (Å²) in [5, 5.41) is 2.97. The third kappa shape index (κ3) is 3.65. The number of aromatic nitrogens is 2. The quantitative estimate of drug-likeness (QED) is 0.875. The van der Waals surface area contributed by atoms with Crippen molar-refractivity contribution < 1.29 is 9.53 Å². The first-order valence-electron chi connectivity index (χ1n) is 7.05. The zero-order valence-electron chi connectivity index (χ0n) is 13.4. The van der Waals surface area contributed by atoms with Crippen molar-refractivity contribution >= 4 is 11.6 Å². The summed E-state index contributed by atoms with van der Waals surface area (Å²) < 4.78 is 6.79. The van der Waals surface area contributed by atoms with Gasteiger partial charge in [0.05, 0.1) is 0 Å². The van der Waals surface area contributed by atoms with Crippen LogP contribution in [0.1, 0.15) is 17.4 Å². The molecule has 6 nitrogen and oxygen atoms in total. The second-order valence-electron chi connectivity index (χ2n) is 5.32. The van der Waals surface area contributed by atoms with Crippen LogP contribution in [0.5, 0.6) is 0 Å². The number of carbonyl (C=O) groups excluding carboxylic acids is 1. The van der Waals surface area contributed by atoms with Crippen LogP contribution < -0.4 is 10.2 Å². The summed E-state index contributed by atoms with van der Waals surface area (Å²) in [6.07, 6.45) is 3.58. The summed E-state index contributed by atoms with van der Waals surface area (Å²) in [5.74, 6) is 0.606. The molecule has 1 heterocycles. The maximum Gasteiger partial charge on any atom is 0.246 e. The van der Waals surface area contributed by atoms with E-state index in [9.17, 15) is 4.79 Å². The Labute approximate surface area is 130 Å². The Morgan fingerprint density at radius 3 is 2.55 bits per heavy atom. The number of imidazole rings is 1. The molecule has 1 aromatic carbocycles. The number of hydrogen-bond donors (Lipinski definition) is 1. The van der Waals surface area contributed by atoms with Crippen LogP contribution in [-0.2, 0) is 16.6 Å². The molecule has 0 spiro atoms. The van der Waals surface area contributed by atoms with E-state index >= 15 is 0 Å². The Bertz CT molecular complexity index is 619. The van der Waals surface area contributed by atoms with Crippen molar-refractivity contribution in [2.24, 2.45) is 7.05 Å².